The molecule has 0 aromatic heterocycles. The molecule has 0 aliphatic rings. The Kier molecular flexibility index (Phi) is 5.91. The van der Waals surface area contributed by atoms with E-state index in [0.717, 1.165) is 19.4 Å². The average Bonchev–Trinajstić information content (AvgIpc) is 1.98. The smallest absolute Gasteiger partial charge is 0.0219 e. The molecule has 0 bridgehead atoms. The first-order valence-corrected chi connectivity index (χ1v) is 3.60. The van der Waals surface area contributed by atoms with Gasteiger partial charge in [0.2, 0.25) is 0 Å². The third-order valence-electron chi connectivity index (χ3n) is 1.32. The molecule has 0 aliphatic heterocycles. The maximum absolute atomic E-state index is 5.08. The molecular weight excluding hydrogens is 122 g/mol. The van der Waals surface area contributed by atoms with Gasteiger partial charge in [0.25, 0.3) is 0 Å². The summed E-state index contributed by atoms with van der Waals surface area (Å²) in [5.74, 6) is 2.59. The van der Waals surface area contributed by atoms with Crippen LogP contribution >= 0.6 is 0 Å². The summed E-state index contributed by atoms with van der Waals surface area (Å²) in [4.78, 5) is 0. The summed E-state index contributed by atoms with van der Waals surface area (Å²) in [5, 5.41) is 3.25. The minimum absolute atomic E-state index is 0.401. The van der Waals surface area contributed by atoms with Gasteiger partial charge >= 0.3 is 0 Å². The molecule has 1 unspecified atom stereocenters. The first-order valence-electron chi connectivity index (χ1n) is 3.60. The fraction of sp³-hybridized carbons (Fsp3) is 0.556. The Hall–Kier alpha value is -0.740. The standard InChI is InChI=1S/C9H15N/c1-4-6-7-8-10-9(3)5-2/h1,5,9-10H,2,6-8H2,3H3. The number of hydrogen-bond acceptors (Lipinski definition) is 1. The van der Waals surface area contributed by atoms with Gasteiger partial charge in [-0.3, -0.25) is 0 Å². The van der Waals surface area contributed by atoms with Crippen molar-refractivity contribution in [2.45, 2.75) is 25.8 Å². The van der Waals surface area contributed by atoms with E-state index in [1.165, 1.54) is 0 Å². The van der Waals surface area contributed by atoms with Crippen molar-refractivity contribution in [2.75, 3.05) is 6.54 Å². The van der Waals surface area contributed by atoms with Gasteiger partial charge in [0.05, 0.1) is 0 Å². The summed E-state index contributed by atoms with van der Waals surface area (Å²) in [5.41, 5.74) is 0. The molecule has 0 saturated carbocycles. The molecule has 0 spiro atoms. The molecule has 56 valence electrons. The molecule has 0 aromatic rings. The summed E-state index contributed by atoms with van der Waals surface area (Å²) < 4.78 is 0. The van der Waals surface area contributed by atoms with Gasteiger partial charge < -0.3 is 5.32 Å². The Balaban J connectivity index is 3.05. The maximum atomic E-state index is 5.08. The lowest BCUT2D eigenvalue weighted by Crippen LogP contribution is -2.24. The first kappa shape index (κ1) is 9.26. The van der Waals surface area contributed by atoms with Gasteiger partial charge in [-0.2, -0.15) is 0 Å². The van der Waals surface area contributed by atoms with Crippen LogP contribution in [0.25, 0.3) is 0 Å². The molecule has 1 nitrogen and oxygen atoms in total. The predicted molar refractivity (Wildman–Crippen MR) is 45.7 cm³/mol. The van der Waals surface area contributed by atoms with Crippen LogP contribution in [-0.4, -0.2) is 12.6 Å². The second-order valence-electron chi connectivity index (χ2n) is 2.29. The van der Waals surface area contributed by atoms with E-state index in [2.05, 4.69) is 24.7 Å². The Labute approximate surface area is 63.5 Å². The van der Waals surface area contributed by atoms with E-state index in [4.69, 9.17) is 6.42 Å². The van der Waals surface area contributed by atoms with E-state index in [9.17, 15) is 0 Å². The fourth-order valence-corrected chi connectivity index (χ4v) is 0.604. The lowest BCUT2D eigenvalue weighted by Gasteiger charge is -2.06. The van der Waals surface area contributed by atoms with Crippen molar-refractivity contribution in [1.29, 1.82) is 0 Å². The highest BCUT2D eigenvalue weighted by Crippen LogP contribution is 1.86. The number of terminal acetylenes is 1. The highest BCUT2D eigenvalue weighted by Gasteiger charge is 1.91. The Morgan fingerprint density at radius 2 is 2.50 bits per heavy atom. The van der Waals surface area contributed by atoms with Crippen molar-refractivity contribution in [3.63, 3.8) is 0 Å². The van der Waals surface area contributed by atoms with Crippen LogP contribution in [-0.2, 0) is 0 Å². The largest absolute Gasteiger partial charge is 0.311 e. The topological polar surface area (TPSA) is 12.0 Å². The van der Waals surface area contributed by atoms with Crippen LogP contribution in [0.15, 0.2) is 12.7 Å². The maximum Gasteiger partial charge on any atom is 0.0219 e. The third-order valence-corrected chi connectivity index (χ3v) is 1.32. The summed E-state index contributed by atoms with van der Waals surface area (Å²) >= 11 is 0. The van der Waals surface area contributed by atoms with Crippen LogP contribution in [0.4, 0.5) is 0 Å². The number of hydrogen-bond donors (Lipinski definition) is 1. The molecule has 1 heteroatoms. The highest BCUT2D eigenvalue weighted by atomic mass is 14.9. The van der Waals surface area contributed by atoms with Gasteiger partial charge in [-0.15, -0.1) is 18.9 Å². The molecule has 0 radical (unpaired) electrons. The summed E-state index contributed by atoms with van der Waals surface area (Å²) in [6.45, 7) is 6.71. The van der Waals surface area contributed by atoms with E-state index < -0.39 is 0 Å². The lowest BCUT2D eigenvalue weighted by molar-refractivity contribution is 0.613. The van der Waals surface area contributed by atoms with Crippen molar-refractivity contribution in [3.05, 3.63) is 12.7 Å². The molecule has 10 heavy (non-hydrogen) atoms. The normalized spacial score (nSPS) is 12.0. The second-order valence-corrected chi connectivity index (χ2v) is 2.29. The monoisotopic (exact) mass is 137 g/mol. The number of rotatable bonds is 5. The summed E-state index contributed by atoms with van der Waals surface area (Å²) in [7, 11) is 0. The number of nitrogens with one attached hydrogen (secondary N) is 1. The van der Waals surface area contributed by atoms with E-state index in [1.54, 1.807) is 0 Å². The zero-order chi connectivity index (χ0) is 7.82. The van der Waals surface area contributed by atoms with Gasteiger partial charge in [0.15, 0.2) is 0 Å². The molecule has 1 atom stereocenters. The van der Waals surface area contributed by atoms with Crippen molar-refractivity contribution < 1.29 is 0 Å². The minimum Gasteiger partial charge on any atom is -0.311 e. The van der Waals surface area contributed by atoms with Crippen LogP contribution in [0.1, 0.15) is 19.8 Å². The number of unbranched alkanes of at least 4 members (excludes halogenated alkanes) is 1. The molecular formula is C9H15N. The molecule has 0 aromatic carbocycles. The van der Waals surface area contributed by atoms with E-state index >= 15 is 0 Å². The summed E-state index contributed by atoms with van der Waals surface area (Å²) in [6, 6.07) is 0.401. The van der Waals surface area contributed by atoms with E-state index in [-0.39, 0.29) is 0 Å². The molecule has 0 saturated heterocycles. The predicted octanol–water partition coefficient (Wildman–Crippen LogP) is 1.56. The van der Waals surface area contributed by atoms with Crippen LogP contribution in [0, 0.1) is 12.3 Å². The Morgan fingerprint density at radius 1 is 1.80 bits per heavy atom. The summed E-state index contributed by atoms with van der Waals surface area (Å²) in [6.07, 6.45) is 8.87. The molecule has 0 rings (SSSR count). The SMILES string of the molecule is C#CCCCNC(C)C=C. The quantitative estimate of drug-likeness (QED) is 0.344. The van der Waals surface area contributed by atoms with Crippen molar-refractivity contribution >= 4 is 0 Å². The second kappa shape index (κ2) is 6.38. The van der Waals surface area contributed by atoms with E-state index in [0.29, 0.717) is 6.04 Å². The van der Waals surface area contributed by atoms with Crippen molar-refractivity contribution in [1.82, 2.24) is 5.32 Å². The van der Waals surface area contributed by atoms with Gasteiger partial charge in [-0.25, -0.2) is 0 Å². The molecule has 1 N–H and O–H groups in total. The zero-order valence-corrected chi connectivity index (χ0v) is 6.56. The van der Waals surface area contributed by atoms with Crippen LogP contribution < -0.4 is 5.32 Å². The van der Waals surface area contributed by atoms with Gasteiger partial charge in [0.1, 0.15) is 0 Å². The zero-order valence-electron chi connectivity index (χ0n) is 6.56. The van der Waals surface area contributed by atoms with Crippen LogP contribution in [0.5, 0.6) is 0 Å². The minimum atomic E-state index is 0.401. The van der Waals surface area contributed by atoms with Crippen molar-refractivity contribution in [2.24, 2.45) is 0 Å². The molecule has 0 heterocycles. The molecule has 0 fully saturated rings. The molecule has 0 aliphatic carbocycles. The van der Waals surface area contributed by atoms with Crippen molar-refractivity contribution in [3.8, 4) is 12.3 Å². The Bertz CT molecular complexity index is 121. The Morgan fingerprint density at radius 3 is 3.00 bits per heavy atom. The first-order chi connectivity index (χ1) is 4.81. The molecule has 0 amide bonds. The van der Waals surface area contributed by atoms with Crippen LogP contribution in [0.3, 0.4) is 0 Å². The van der Waals surface area contributed by atoms with Gasteiger partial charge in [-0.05, 0) is 19.9 Å². The third kappa shape index (κ3) is 5.40. The van der Waals surface area contributed by atoms with Gasteiger partial charge in [0, 0.05) is 12.5 Å². The van der Waals surface area contributed by atoms with Gasteiger partial charge in [-0.1, -0.05) is 6.08 Å². The highest BCUT2D eigenvalue weighted by molar-refractivity contribution is 4.85. The fourth-order valence-electron chi connectivity index (χ4n) is 0.604. The lowest BCUT2D eigenvalue weighted by atomic mass is 10.3. The van der Waals surface area contributed by atoms with E-state index in [1.807, 2.05) is 6.08 Å². The average molecular weight is 137 g/mol. The van der Waals surface area contributed by atoms with Crippen LogP contribution in [0.2, 0.25) is 0 Å².